The molecule has 0 aliphatic rings. The van der Waals surface area contributed by atoms with Crippen LogP contribution in [0, 0.1) is 32.1 Å². The molecule has 2 aromatic carbocycles. The number of benzene rings is 2. The fourth-order valence-electron chi connectivity index (χ4n) is 3.61. The highest BCUT2D eigenvalue weighted by Gasteiger charge is 2.22. The van der Waals surface area contributed by atoms with E-state index < -0.39 is 0 Å². The molecule has 0 saturated carbocycles. The van der Waals surface area contributed by atoms with Crippen molar-refractivity contribution in [2.24, 2.45) is 0 Å². The van der Waals surface area contributed by atoms with Crippen molar-refractivity contribution in [3.63, 3.8) is 0 Å². The second-order valence-electron chi connectivity index (χ2n) is 7.21. The lowest BCUT2D eigenvalue weighted by atomic mass is 9.96. The van der Waals surface area contributed by atoms with Gasteiger partial charge in [-0.15, -0.1) is 0 Å². The van der Waals surface area contributed by atoms with Gasteiger partial charge in [-0.3, -0.25) is 0 Å². The average molecular weight is 399 g/mol. The molecular weight excluding hydrogens is 378 g/mol. The lowest BCUT2D eigenvalue weighted by molar-refractivity contribution is 0.373. The maximum absolute atomic E-state index is 9.99. The first-order chi connectivity index (χ1) is 14.3. The third-order valence-corrected chi connectivity index (χ3v) is 5.33. The highest BCUT2D eigenvalue weighted by molar-refractivity contribution is 6.00. The average Bonchev–Trinajstić information content (AvgIpc) is 3.05. The molecule has 2 aromatic heterocycles. The number of fused-ring (bicyclic) bond motifs is 1. The van der Waals surface area contributed by atoms with Crippen LogP contribution in [0.3, 0.4) is 0 Å². The third-order valence-electron chi connectivity index (χ3n) is 5.33. The molecule has 0 amide bonds. The second kappa shape index (κ2) is 7.08. The fourth-order valence-corrected chi connectivity index (χ4v) is 3.61. The highest BCUT2D eigenvalue weighted by Crippen LogP contribution is 2.39. The third kappa shape index (κ3) is 2.90. The van der Waals surface area contributed by atoms with Gasteiger partial charge in [0.1, 0.15) is 17.5 Å². The molecule has 4 rings (SSSR count). The molecule has 150 valence electrons. The van der Waals surface area contributed by atoms with E-state index in [0.29, 0.717) is 28.2 Å². The molecule has 7 heteroatoms. The minimum Gasteiger partial charge on any atom is -0.504 e. The molecule has 0 bridgehead atoms. The zero-order valence-electron chi connectivity index (χ0n) is 17.2. The van der Waals surface area contributed by atoms with Crippen LogP contribution >= 0.6 is 0 Å². The summed E-state index contributed by atoms with van der Waals surface area (Å²) in [5, 5.41) is 25.2. The predicted molar refractivity (Wildman–Crippen MR) is 116 cm³/mol. The van der Waals surface area contributed by atoms with E-state index in [0.717, 1.165) is 16.6 Å². The number of nitrogen functional groups attached to an aromatic ring is 1. The standard InChI is InChI=1S/C23H21N5O2/c1-12-5-7-16(9-13(12)2)28-23-20(14(3)27-28)21(17(11-24)22(25)26-23)15-6-8-18(29)19(10-15)30-4/h5-10,29H,1-4H3,(H2,25,26). The number of rotatable bonds is 3. The molecule has 0 saturated heterocycles. The molecule has 0 atom stereocenters. The number of methoxy groups -OCH3 is 1. The Balaban J connectivity index is 2.09. The van der Waals surface area contributed by atoms with Gasteiger partial charge in [0.2, 0.25) is 0 Å². The minimum atomic E-state index is 0.0144. The Kier molecular flexibility index (Phi) is 4.55. The van der Waals surface area contributed by atoms with Gasteiger partial charge < -0.3 is 15.6 Å². The van der Waals surface area contributed by atoms with E-state index in [9.17, 15) is 10.4 Å². The summed E-state index contributed by atoms with van der Waals surface area (Å²) in [7, 11) is 1.48. The van der Waals surface area contributed by atoms with Crippen molar-refractivity contribution >= 4 is 16.9 Å². The van der Waals surface area contributed by atoms with Gasteiger partial charge in [0.15, 0.2) is 17.1 Å². The number of hydrogen-bond donors (Lipinski definition) is 2. The Bertz CT molecular complexity index is 1350. The van der Waals surface area contributed by atoms with Crippen LogP contribution in [0.4, 0.5) is 5.82 Å². The molecule has 0 aliphatic heterocycles. The SMILES string of the molecule is COc1cc(-c2c(C#N)c(N)nc3c2c(C)nn3-c2ccc(C)c(C)c2)ccc1O. The summed E-state index contributed by atoms with van der Waals surface area (Å²) < 4.78 is 7.00. The van der Waals surface area contributed by atoms with E-state index in [1.807, 2.05) is 32.0 Å². The Hall–Kier alpha value is -4.05. The molecule has 2 heterocycles. The number of phenolic OH excluding ortho intramolecular Hbond substituents is 1. The van der Waals surface area contributed by atoms with E-state index in [-0.39, 0.29) is 17.1 Å². The molecule has 7 nitrogen and oxygen atoms in total. The highest BCUT2D eigenvalue weighted by atomic mass is 16.5. The van der Waals surface area contributed by atoms with E-state index >= 15 is 0 Å². The molecule has 0 unspecified atom stereocenters. The molecule has 3 N–H and O–H groups in total. The first kappa shape index (κ1) is 19.3. The molecule has 0 fully saturated rings. The van der Waals surface area contributed by atoms with Crippen molar-refractivity contribution in [2.45, 2.75) is 20.8 Å². The van der Waals surface area contributed by atoms with Gasteiger partial charge >= 0.3 is 0 Å². The van der Waals surface area contributed by atoms with Crippen LogP contribution in [0.15, 0.2) is 36.4 Å². The number of nitriles is 1. The van der Waals surface area contributed by atoms with E-state index in [1.54, 1.807) is 16.8 Å². The lowest BCUT2D eigenvalue weighted by Crippen LogP contribution is -2.03. The van der Waals surface area contributed by atoms with Crippen LogP contribution in [0.5, 0.6) is 11.5 Å². The van der Waals surface area contributed by atoms with Crippen LogP contribution in [0.1, 0.15) is 22.4 Å². The quantitative estimate of drug-likeness (QED) is 0.535. The normalized spacial score (nSPS) is 10.9. The van der Waals surface area contributed by atoms with Crippen molar-refractivity contribution in [2.75, 3.05) is 12.8 Å². The minimum absolute atomic E-state index is 0.0144. The molecular formula is C23H21N5O2. The topological polar surface area (TPSA) is 110 Å². The van der Waals surface area contributed by atoms with Crippen LogP contribution in [0.25, 0.3) is 27.8 Å². The predicted octanol–water partition coefficient (Wildman–Crippen LogP) is 4.18. The number of aryl methyl sites for hydroxylation is 3. The van der Waals surface area contributed by atoms with Crippen LogP contribution in [-0.2, 0) is 0 Å². The number of anilines is 1. The Morgan fingerprint density at radius 3 is 2.53 bits per heavy atom. The van der Waals surface area contributed by atoms with Gasteiger partial charge in [-0.1, -0.05) is 12.1 Å². The lowest BCUT2D eigenvalue weighted by Gasteiger charge is -2.12. The van der Waals surface area contributed by atoms with Crippen molar-refractivity contribution in [1.82, 2.24) is 14.8 Å². The monoisotopic (exact) mass is 399 g/mol. The number of aromatic hydroxyl groups is 1. The Morgan fingerprint density at radius 2 is 1.87 bits per heavy atom. The van der Waals surface area contributed by atoms with Gasteiger partial charge in [-0.25, -0.2) is 9.67 Å². The maximum Gasteiger partial charge on any atom is 0.166 e. The van der Waals surface area contributed by atoms with Gasteiger partial charge in [0, 0.05) is 5.56 Å². The first-order valence-corrected chi connectivity index (χ1v) is 9.39. The van der Waals surface area contributed by atoms with E-state index in [4.69, 9.17) is 15.6 Å². The molecule has 30 heavy (non-hydrogen) atoms. The van der Waals surface area contributed by atoms with E-state index in [2.05, 4.69) is 18.0 Å². The molecule has 0 radical (unpaired) electrons. The molecule has 0 aliphatic carbocycles. The van der Waals surface area contributed by atoms with Crippen LogP contribution in [0.2, 0.25) is 0 Å². The summed E-state index contributed by atoms with van der Waals surface area (Å²) in [6.07, 6.45) is 0. The van der Waals surface area contributed by atoms with Gasteiger partial charge in [-0.2, -0.15) is 10.4 Å². The van der Waals surface area contributed by atoms with Gasteiger partial charge in [-0.05, 0) is 61.7 Å². The van der Waals surface area contributed by atoms with Crippen molar-refractivity contribution in [1.29, 1.82) is 5.26 Å². The van der Waals surface area contributed by atoms with Gasteiger partial charge in [0.05, 0.1) is 23.9 Å². The summed E-state index contributed by atoms with van der Waals surface area (Å²) in [4.78, 5) is 4.52. The van der Waals surface area contributed by atoms with Crippen LogP contribution in [-0.4, -0.2) is 27.0 Å². The maximum atomic E-state index is 9.99. The number of nitrogens with two attached hydrogens (primary N) is 1. The first-order valence-electron chi connectivity index (χ1n) is 9.39. The number of hydrogen-bond acceptors (Lipinski definition) is 6. The Morgan fingerprint density at radius 1 is 1.10 bits per heavy atom. The molecule has 0 spiro atoms. The zero-order chi connectivity index (χ0) is 21.6. The smallest absolute Gasteiger partial charge is 0.166 e. The molecule has 4 aromatic rings. The number of nitrogens with zero attached hydrogens (tertiary/aromatic N) is 4. The number of pyridine rings is 1. The summed E-state index contributed by atoms with van der Waals surface area (Å²) in [5.41, 5.74) is 12.2. The fraction of sp³-hybridized carbons (Fsp3) is 0.174. The summed E-state index contributed by atoms with van der Waals surface area (Å²) in [6, 6.07) is 13.2. The van der Waals surface area contributed by atoms with Crippen molar-refractivity contribution in [3.8, 4) is 34.4 Å². The number of aromatic nitrogens is 3. The summed E-state index contributed by atoms with van der Waals surface area (Å²) in [6.45, 7) is 5.97. The van der Waals surface area contributed by atoms with Gasteiger partial charge in [0.25, 0.3) is 0 Å². The zero-order valence-corrected chi connectivity index (χ0v) is 17.2. The number of ether oxygens (including phenoxy) is 1. The second-order valence-corrected chi connectivity index (χ2v) is 7.21. The van der Waals surface area contributed by atoms with Crippen molar-refractivity contribution in [3.05, 3.63) is 58.8 Å². The summed E-state index contributed by atoms with van der Waals surface area (Å²) >= 11 is 0. The Labute approximate surface area is 174 Å². The summed E-state index contributed by atoms with van der Waals surface area (Å²) in [5.74, 6) is 0.441. The largest absolute Gasteiger partial charge is 0.504 e. The van der Waals surface area contributed by atoms with Crippen molar-refractivity contribution < 1.29 is 9.84 Å². The van der Waals surface area contributed by atoms with Crippen LogP contribution < -0.4 is 10.5 Å². The number of phenols is 1. The van der Waals surface area contributed by atoms with E-state index in [1.165, 1.54) is 18.7 Å².